The lowest BCUT2D eigenvalue weighted by molar-refractivity contribution is -0.157. The lowest BCUT2D eigenvalue weighted by Crippen LogP contribution is -2.56. The summed E-state index contributed by atoms with van der Waals surface area (Å²) in [6.07, 6.45) is 14.1. The summed E-state index contributed by atoms with van der Waals surface area (Å²) in [4.78, 5) is 26.1. The van der Waals surface area contributed by atoms with Crippen LogP contribution in [0.1, 0.15) is 90.4 Å². The number of carbonyl (C=O) groups excluding carboxylic acids is 2. The third kappa shape index (κ3) is 2.72. The highest BCUT2D eigenvalue weighted by atomic mass is 16.1. The maximum absolute atomic E-state index is 13.1. The molecule has 0 aromatic heterocycles. The molecule has 0 saturated heterocycles. The molecule has 2 N–H and O–H groups in total. The summed E-state index contributed by atoms with van der Waals surface area (Å²) in [7, 11) is 0. The lowest BCUT2D eigenvalue weighted by Gasteiger charge is -2.59. The van der Waals surface area contributed by atoms with E-state index in [4.69, 9.17) is 5.73 Å². The number of hydrogen-bond acceptors (Lipinski definition) is 3. The van der Waals surface area contributed by atoms with Crippen molar-refractivity contribution < 1.29 is 9.59 Å². The van der Waals surface area contributed by atoms with Crippen molar-refractivity contribution in [3.63, 3.8) is 0 Å². The van der Waals surface area contributed by atoms with Crippen LogP contribution in [0.15, 0.2) is 0 Å². The molecule has 6 atom stereocenters. The second kappa shape index (κ2) is 7.04. The van der Waals surface area contributed by atoms with E-state index >= 15 is 0 Å². The Bertz CT molecular complexity index is 573. The van der Waals surface area contributed by atoms with Gasteiger partial charge in [-0.3, -0.25) is 9.59 Å². The average molecular weight is 360 g/mol. The summed E-state index contributed by atoms with van der Waals surface area (Å²) in [5.41, 5.74) is 5.78. The van der Waals surface area contributed by atoms with Gasteiger partial charge in [-0.25, -0.2) is 0 Å². The van der Waals surface area contributed by atoms with Crippen molar-refractivity contribution in [2.45, 2.75) is 90.4 Å². The molecule has 0 heterocycles. The third-order valence-corrected chi connectivity index (χ3v) is 9.14. The van der Waals surface area contributed by atoms with Crippen molar-refractivity contribution in [1.29, 1.82) is 0 Å². The molecule has 4 saturated carbocycles. The molecule has 4 rings (SSSR count). The second-order valence-electron chi connectivity index (χ2n) is 10.1. The van der Waals surface area contributed by atoms with Crippen molar-refractivity contribution in [2.75, 3.05) is 6.54 Å². The molecule has 0 aromatic carbocycles. The highest BCUT2D eigenvalue weighted by molar-refractivity contribution is 5.88. The van der Waals surface area contributed by atoms with Gasteiger partial charge in [0, 0.05) is 24.2 Å². The third-order valence-electron chi connectivity index (χ3n) is 9.14. The van der Waals surface area contributed by atoms with Crippen molar-refractivity contribution in [2.24, 2.45) is 40.2 Å². The summed E-state index contributed by atoms with van der Waals surface area (Å²) in [6.45, 7) is 3.18. The fourth-order valence-corrected chi connectivity index (χ4v) is 7.89. The van der Waals surface area contributed by atoms with E-state index in [1.165, 1.54) is 25.7 Å². The van der Waals surface area contributed by atoms with Gasteiger partial charge in [-0.05, 0) is 74.7 Å². The van der Waals surface area contributed by atoms with E-state index in [1.807, 2.05) is 0 Å². The standard InChI is InChI=1S/C23H37NO2/c1-22-11-5-3-7-19(22)20(25)15-16-17(22)10-13-23(12-4-2-6-14-24)18(16)8-9-21(23)26/h16-19H,2-15,24H2,1H3/t16-,17+,18+,19?,22-,23+/m1/s1. The number of unbranched alkanes of at least 4 members (excludes halogenated alkanes) is 2. The Labute approximate surface area is 158 Å². The molecule has 4 aliphatic carbocycles. The average Bonchev–Trinajstić information content (AvgIpc) is 2.96. The van der Waals surface area contributed by atoms with Crippen LogP contribution in [0.2, 0.25) is 0 Å². The van der Waals surface area contributed by atoms with Crippen LogP contribution in [0.4, 0.5) is 0 Å². The van der Waals surface area contributed by atoms with Gasteiger partial charge in [-0.2, -0.15) is 0 Å². The molecule has 0 aliphatic heterocycles. The second-order valence-corrected chi connectivity index (χ2v) is 10.1. The van der Waals surface area contributed by atoms with Crippen LogP contribution in [-0.2, 0) is 9.59 Å². The van der Waals surface area contributed by atoms with E-state index in [-0.39, 0.29) is 10.8 Å². The topological polar surface area (TPSA) is 60.2 Å². The number of Topliss-reactive ketones (excluding diaryl/α,β-unsaturated/α-hetero) is 2. The normalized spacial score (nSPS) is 45.2. The number of nitrogens with two attached hydrogens (primary N) is 1. The zero-order chi connectivity index (χ0) is 18.4. The zero-order valence-electron chi connectivity index (χ0n) is 16.6. The Kier molecular flexibility index (Phi) is 5.05. The largest absolute Gasteiger partial charge is 0.330 e. The van der Waals surface area contributed by atoms with Gasteiger partial charge in [0.2, 0.25) is 0 Å². The Hall–Kier alpha value is -0.700. The number of fused-ring (bicyclic) bond motifs is 5. The predicted molar refractivity (Wildman–Crippen MR) is 104 cm³/mol. The fraction of sp³-hybridized carbons (Fsp3) is 0.913. The van der Waals surface area contributed by atoms with Crippen LogP contribution in [0.25, 0.3) is 0 Å². The van der Waals surface area contributed by atoms with Gasteiger partial charge >= 0.3 is 0 Å². The first-order valence-electron chi connectivity index (χ1n) is 11.3. The summed E-state index contributed by atoms with van der Waals surface area (Å²) in [6, 6.07) is 0. The molecule has 3 heteroatoms. The van der Waals surface area contributed by atoms with Gasteiger partial charge in [0.25, 0.3) is 0 Å². The molecule has 0 aromatic rings. The maximum Gasteiger partial charge on any atom is 0.139 e. The van der Waals surface area contributed by atoms with Gasteiger partial charge in [-0.1, -0.05) is 32.6 Å². The van der Waals surface area contributed by atoms with Gasteiger partial charge in [0.1, 0.15) is 11.6 Å². The van der Waals surface area contributed by atoms with Crippen LogP contribution in [0.5, 0.6) is 0 Å². The zero-order valence-corrected chi connectivity index (χ0v) is 16.6. The minimum atomic E-state index is -0.0894. The first kappa shape index (κ1) is 18.7. The molecular formula is C23H37NO2. The van der Waals surface area contributed by atoms with Gasteiger partial charge in [0.05, 0.1) is 0 Å². The van der Waals surface area contributed by atoms with Crippen LogP contribution < -0.4 is 5.73 Å². The van der Waals surface area contributed by atoms with Crippen molar-refractivity contribution in [1.82, 2.24) is 0 Å². The van der Waals surface area contributed by atoms with Crippen LogP contribution in [-0.4, -0.2) is 18.1 Å². The smallest absolute Gasteiger partial charge is 0.139 e. The highest BCUT2D eigenvalue weighted by Crippen LogP contribution is 2.65. The minimum Gasteiger partial charge on any atom is -0.330 e. The van der Waals surface area contributed by atoms with E-state index in [0.717, 1.165) is 64.3 Å². The van der Waals surface area contributed by atoms with E-state index in [9.17, 15) is 9.59 Å². The Morgan fingerprint density at radius 3 is 2.65 bits per heavy atom. The molecule has 1 unspecified atom stereocenters. The molecule has 0 radical (unpaired) electrons. The van der Waals surface area contributed by atoms with E-state index in [1.54, 1.807) is 0 Å². The SMILES string of the molecule is C[C@]12CCCCC1C(=O)C[C@H]1[C@@H]3CCC(=O)[C@@]3(CCCCCN)CC[C@@H]12. The summed E-state index contributed by atoms with van der Waals surface area (Å²) in [5, 5.41) is 0. The Balaban J connectivity index is 1.58. The van der Waals surface area contributed by atoms with Gasteiger partial charge < -0.3 is 5.73 Å². The first-order chi connectivity index (χ1) is 12.5. The maximum atomic E-state index is 13.1. The van der Waals surface area contributed by atoms with Crippen LogP contribution in [0.3, 0.4) is 0 Å². The fourth-order valence-electron chi connectivity index (χ4n) is 7.89. The monoisotopic (exact) mass is 359 g/mol. The van der Waals surface area contributed by atoms with Crippen LogP contribution >= 0.6 is 0 Å². The van der Waals surface area contributed by atoms with E-state index < -0.39 is 0 Å². The lowest BCUT2D eigenvalue weighted by atomic mass is 9.44. The quantitative estimate of drug-likeness (QED) is 0.726. The Morgan fingerprint density at radius 2 is 1.85 bits per heavy atom. The summed E-state index contributed by atoms with van der Waals surface area (Å²) in [5.74, 6) is 3.01. The molecular weight excluding hydrogens is 322 g/mol. The molecule has 0 amide bonds. The van der Waals surface area contributed by atoms with E-state index in [0.29, 0.717) is 35.2 Å². The van der Waals surface area contributed by atoms with Gasteiger partial charge in [0.15, 0.2) is 0 Å². The Morgan fingerprint density at radius 1 is 1.00 bits per heavy atom. The number of hydrogen-bond donors (Lipinski definition) is 1. The molecule has 26 heavy (non-hydrogen) atoms. The first-order valence-corrected chi connectivity index (χ1v) is 11.3. The van der Waals surface area contributed by atoms with E-state index in [2.05, 4.69) is 6.92 Å². The number of ketones is 2. The summed E-state index contributed by atoms with van der Waals surface area (Å²) < 4.78 is 0. The summed E-state index contributed by atoms with van der Waals surface area (Å²) >= 11 is 0. The molecule has 3 nitrogen and oxygen atoms in total. The molecule has 146 valence electrons. The predicted octanol–water partition coefficient (Wildman–Crippen LogP) is 4.67. The molecule has 4 aliphatic rings. The molecule has 0 spiro atoms. The minimum absolute atomic E-state index is 0.0894. The van der Waals surface area contributed by atoms with Gasteiger partial charge in [-0.15, -0.1) is 0 Å². The number of carbonyl (C=O) groups is 2. The molecule has 0 bridgehead atoms. The molecule has 4 fully saturated rings. The van der Waals surface area contributed by atoms with Crippen molar-refractivity contribution in [3.05, 3.63) is 0 Å². The highest BCUT2D eigenvalue weighted by Gasteiger charge is 2.62. The van der Waals surface area contributed by atoms with Crippen molar-refractivity contribution in [3.8, 4) is 0 Å². The van der Waals surface area contributed by atoms with Crippen LogP contribution in [0, 0.1) is 34.5 Å². The number of rotatable bonds is 5. The van der Waals surface area contributed by atoms with Crippen molar-refractivity contribution >= 4 is 11.6 Å².